The van der Waals surface area contributed by atoms with Crippen LogP contribution >= 0.6 is 0 Å². The van der Waals surface area contributed by atoms with Gasteiger partial charge in [0, 0.05) is 13.1 Å². The summed E-state index contributed by atoms with van der Waals surface area (Å²) in [7, 11) is -2.17. The normalized spacial score (nSPS) is 17.9. The Labute approximate surface area is 165 Å². The van der Waals surface area contributed by atoms with Crippen LogP contribution in [-0.2, 0) is 14.8 Å². The Morgan fingerprint density at radius 3 is 2.57 bits per heavy atom. The number of anilines is 1. The molecule has 8 heteroatoms. The Morgan fingerprint density at radius 2 is 1.93 bits per heavy atom. The number of methoxy groups -OCH3 is 1. The van der Waals surface area contributed by atoms with E-state index in [-0.39, 0.29) is 23.1 Å². The van der Waals surface area contributed by atoms with E-state index in [4.69, 9.17) is 4.74 Å². The second kappa shape index (κ2) is 8.20. The third-order valence-corrected chi connectivity index (χ3v) is 6.74. The summed E-state index contributed by atoms with van der Waals surface area (Å²) in [5, 5.41) is 12.7. The number of nitrogens with zero attached hydrogens (tertiary/aromatic N) is 1. The van der Waals surface area contributed by atoms with Gasteiger partial charge < -0.3 is 15.2 Å². The molecule has 1 aliphatic heterocycles. The van der Waals surface area contributed by atoms with E-state index >= 15 is 0 Å². The number of hydrogen-bond acceptors (Lipinski definition) is 5. The summed E-state index contributed by atoms with van der Waals surface area (Å²) in [5.74, 6) is -0.212. The van der Waals surface area contributed by atoms with E-state index in [2.05, 4.69) is 5.32 Å². The zero-order valence-electron chi connectivity index (χ0n) is 15.9. The number of hydrogen-bond donors (Lipinski definition) is 2. The molecule has 1 atom stereocenters. The molecule has 2 N–H and O–H groups in total. The first-order valence-corrected chi connectivity index (χ1v) is 10.5. The minimum Gasteiger partial charge on any atom is -0.506 e. The largest absolute Gasteiger partial charge is 0.506 e. The first kappa shape index (κ1) is 20.2. The number of aromatic hydroxyl groups is 1. The predicted molar refractivity (Wildman–Crippen MR) is 106 cm³/mol. The predicted octanol–water partition coefficient (Wildman–Crippen LogP) is 2.75. The minimum absolute atomic E-state index is 0.00753. The fourth-order valence-electron chi connectivity index (χ4n) is 3.25. The summed E-state index contributed by atoms with van der Waals surface area (Å²) in [6, 6.07) is 11.2. The van der Waals surface area contributed by atoms with Crippen molar-refractivity contribution in [3.63, 3.8) is 0 Å². The average Bonchev–Trinajstić information content (AvgIpc) is 2.70. The third kappa shape index (κ3) is 4.28. The molecule has 7 nitrogen and oxygen atoms in total. The molecular weight excluding hydrogens is 380 g/mol. The number of carbonyl (C=O) groups is 1. The molecular formula is C20H24N2O5S. The smallest absolute Gasteiger partial charge is 0.243 e. The van der Waals surface area contributed by atoms with E-state index in [1.807, 2.05) is 6.92 Å². The van der Waals surface area contributed by atoms with Crippen molar-refractivity contribution in [3.05, 3.63) is 48.0 Å². The number of nitrogens with one attached hydrogen (secondary N) is 1. The Balaban J connectivity index is 1.72. The highest BCUT2D eigenvalue weighted by Gasteiger charge is 2.33. The van der Waals surface area contributed by atoms with E-state index in [1.54, 1.807) is 30.3 Å². The first-order valence-electron chi connectivity index (χ1n) is 9.06. The van der Waals surface area contributed by atoms with Crippen LogP contribution in [0.15, 0.2) is 47.4 Å². The summed E-state index contributed by atoms with van der Waals surface area (Å²) in [6.45, 7) is 2.31. The Kier molecular flexibility index (Phi) is 5.90. The molecule has 150 valence electrons. The maximum absolute atomic E-state index is 12.9. The molecule has 1 heterocycles. The number of ether oxygens (including phenoxy) is 1. The molecule has 0 spiro atoms. The van der Waals surface area contributed by atoms with Crippen molar-refractivity contribution < 1.29 is 23.1 Å². The molecule has 3 rings (SSSR count). The molecule has 1 amide bonds. The van der Waals surface area contributed by atoms with Crippen LogP contribution in [0.2, 0.25) is 0 Å². The van der Waals surface area contributed by atoms with Crippen molar-refractivity contribution in [1.29, 1.82) is 0 Å². The molecule has 1 aliphatic rings. The summed E-state index contributed by atoms with van der Waals surface area (Å²) < 4.78 is 32.2. The van der Waals surface area contributed by atoms with Gasteiger partial charge in [-0.2, -0.15) is 4.31 Å². The van der Waals surface area contributed by atoms with Gasteiger partial charge in [-0.05, 0) is 61.7 Å². The molecule has 0 unspecified atom stereocenters. The average molecular weight is 404 g/mol. The standard InChI is InChI=1S/C20H24N2O5S/c1-14-5-10-18(19(23)12-14)21-20(24)15-4-3-11-22(13-15)28(25,26)17-8-6-16(27-2)7-9-17/h5-10,12,15,23H,3-4,11,13H2,1-2H3,(H,21,24)/t15-/m1/s1. The van der Waals surface area contributed by atoms with Gasteiger partial charge in [0.2, 0.25) is 15.9 Å². The van der Waals surface area contributed by atoms with Crippen LogP contribution in [0.4, 0.5) is 5.69 Å². The molecule has 1 fully saturated rings. The van der Waals surface area contributed by atoms with Crippen LogP contribution in [0, 0.1) is 12.8 Å². The molecule has 0 saturated carbocycles. The molecule has 2 aromatic rings. The van der Waals surface area contributed by atoms with Gasteiger partial charge in [0.25, 0.3) is 0 Å². The van der Waals surface area contributed by atoms with Gasteiger partial charge in [-0.25, -0.2) is 8.42 Å². The number of rotatable bonds is 5. The van der Waals surface area contributed by atoms with Crippen LogP contribution in [0.5, 0.6) is 11.5 Å². The topological polar surface area (TPSA) is 95.9 Å². The number of benzene rings is 2. The summed E-state index contributed by atoms with van der Waals surface area (Å²) in [6.07, 6.45) is 1.18. The molecule has 0 aromatic heterocycles. The summed E-state index contributed by atoms with van der Waals surface area (Å²) in [5.41, 5.74) is 1.20. The van der Waals surface area contributed by atoms with Gasteiger partial charge in [0.1, 0.15) is 11.5 Å². The number of phenols is 1. The Morgan fingerprint density at radius 1 is 1.21 bits per heavy atom. The monoisotopic (exact) mass is 404 g/mol. The SMILES string of the molecule is COc1ccc(S(=O)(=O)N2CCC[C@@H](C(=O)Nc3ccc(C)cc3O)C2)cc1. The van der Waals surface area contributed by atoms with Crippen molar-refractivity contribution >= 4 is 21.6 Å². The van der Waals surface area contributed by atoms with Crippen molar-refractivity contribution in [2.45, 2.75) is 24.7 Å². The van der Waals surface area contributed by atoms with Crippen molar-refractivity contribution in [2.24, 2.45) is 5.92 Å². The lowest BCUT2D eigenvalue weighted by Gasteiger charge is -2.31. The first-order chi connectivity index (χ1) is 13.3. The number of piperidine rings is 1. The molecule has 1 saturated heterocycles. The lowest BCUT2D eigenvalue weighted by Crippen LogP contribution is -2.43. The number of sulfonamides is 1. The zero-order valence-corrected chi connectivity index (χ0v) is 16.7. The minimum atomic E-state index is -3.69. The van der Waals surface area contributed by atoms with Gasteiger partial charge >= 0.3 is 0 Å². The van der Waals surface area contributed by atoms with Crippen molar-refractivity contribution in [2.75, 3.05) is 25.5 Å². The van der Waals surface area contributed by atoms with Gasteiger partial charge in [-0.1, -0.05) is 6.07 Å². The lowest BCUT2D eigenvalue weighted by molar-refractivity contribution is -0.120. The quantitative estimate of drug-likeness (QED) is 0.747. The third-order valence-electron chi connectivity index (χ3n) is 4.86. The van der Waals surface area contributed by atoms with Gasteiger partial charge in [0.15, 0.2) is 0 Å². The zero-order chi connectivity index (χ0) is 20.3. The molecule has 0 bridgehead atoms. The van der Waals surface area contributed by atoms with E-state index in [0.29, 0.717) is 30.8 Å². The van der Waals surface area contributed by atoms with Gasteiger partial charge in [-0.15, -0.1) is 0 Å². The molecule has 0 radical (unpaired) electrons. The van der Waals surface area contributed by atoms with Gasteiger partial charge in [-0.3, -0.25) is 4.79 Å². The lowest BCUT2D eigenvalue weighted by atomic mass is 9.98. The fraction of sp³-hybridized carbons (Fsp3) is 0.350. The maximum atomic E-state index is 12.9. The highest BCUT2D eigenvalue weighted by atomic mass is 32.2. The van der Waals surface area contributed by atoms with Crippen molar-refractivity contribution in [3.8, 4) is 11.5 Å². The molecule has 28 heavy (non-hydrogen) atoms. The molecule has 2 aromatic carbocycles. The van der Waals surface area contributed by atoms with Crippen LogP contribution in [0.3, 0.4) is 0 Å². The highest BCUT2D eigenvalue weighted by molar-refractivity contribution is 7.89. The Bertz CT molecular complexity index is 957. The summed E-state index contributed by atoms with van der Waals surface area (Å²) >= 11 is 0. The summed E-state index contributed by atoms with van der Waals surface area (Å²) in [4.78, 5) is 12.8. The van der Waals surface area contributed by atoms with Crippen LogP contribution in [0.1, 0.15) is 18.4 Å². The van der Waals surface area contributed by atoms with Crippen LogP contribution < -0.4 is 10.1 Å². The van der Waals surface area contributed by atoms with Crippen LogP contribution in [-0.4, -0.2) is 43.9 Å². The maximum Gasteiger partial charge on any atom is 0.243 e. The number of carbonyl (C=O) groups excluding carboxylic acids is 1. The van der Waals surface area contributed by atoms with E-state index in [0.717, 1.165) is 5.56 Å². The second-order valence-corrected chi connectivity index (χ2v) is 8.83. The number of aryl methyl sites for hydroxylation is 1. The fourth-order valence-corrected chi connectivity index (χ4v) is 4.78. The van der Waals surface area contributed by atoms with Gasteiger partial charge in [0.05, 0.1) is 23.6 Å². The highest BCUT2D eigenvalue weighted by Crippen LogP contribution is 2.28. The number of amides is 1. The van der Waals surface area contributed by atoms with Crippen molar-refractivity contribution in [1.82, 2.24) is 4.31 Å². The van der Waals surface area contributed by atoms with E-state index in [1.165, 1.54) is 23.5 Å². The molecule has 0 aliphatic carbocycles. The number of phenolic OH excluding ortho intramolecular Hbond substituents is 1. The second-order valence-electron chi connectivity index (χ2n) is 6.89. The van der Waals surface area contributed by atoms with E-state index < -0.39 is 15.9 Å². The van der Waals surface area contributed by atoms with Crippen LogP contribution in [0.25, 0.3) is 0 Å². The Hall–Kier alpha value is -2.58. The van der Waals surface area contributed by atoms with E-state index in [9.17, 15) is 18.3 Å².